The van der Waals surface area contributed by atoms with Crippen molar-refractivity contribution < 1.29 is 4.74 Å². The summed E-state index contributed by atoms with van der Waals surface area (Å²) >= 11 is 0. The third-order valence-electron chi connectivity index (χ3n) is 5.89. The molecular weight excluding hydrogens is 320 g/mol. The lowest BCUT2D eigenvalue weighted by atomic mass is 10.1. The molecule has 1 aliphatic heterocycles. The third-order valence-corrected chi connectivity index (χ3v) is 5.89. The van der Waals surface area contributed by atoms with Gasteiger partial charge in [0.25, 0.3) is 0 Å². The third kappa shape index (κ3) is 3.67. The highest BCUT2D eigenvalue weighted by Gasteiger charge is 2.30. The maximum absolute atomic E-state index is 6.29. The lowest BCUT2D eigenvalue weighted by molar-refractivity contribution is 0.167. The summed E-state index contributed by atoms with van der Waals surface area (Å²) in [6, 6.07) is 6.69. The van der Waals surface area contributed by atoms with Gasteiger partial charge < -0.3 is 15.0 Å². The van der Waals surface area contributed by atoms with Gasteiger partial charge in [0.1, 0.15) is 11.9 Å². The van der Waals surface area contributed by atoms with E-state index in [9.17, 15) is 0 Å². The molecule has 0 bridgehead atoms. The number of nitrogens with one attached hydrogen (secondary N) is 1. The minimum atomic E-state index is 0.220. The molecule has 1 heterocycles. The first-order chi connectivity index (χ1) is 12.5. The second-order valence-corrected chi connectivity index (χ2v) is 7.62. The van der Waals surface area contributed by atoms with Crippen molar-refractivity contribution in [2.75, 3.05) is 7.05 Å². The number of nitrogens with zero attached hydrogens (tertiary/aromatic N) is 1. The van der Waals surface area contributed by atoms with E-state index >= 15 is 0 Å². The standard InChI is InChI=1S/C23H32N2O/c1-6-7-10-22(17(3)24-5)25-15-19-14-20(12-13-21(19)18(25)4)26-23-11-8-9-16(23)2/h6,12-14,16,22-24H,1,3-4,7-11,15H2,2,5H3/t16?,22?,23-/m0/s1. The number of rotatable bonds is 8. The molecule has 3 nitrogen and oxygen atoms in total. The number of hydrogen-bond acceptors (Lipinski definition) is 3. The van der Waals surface area contributed by atoms with Crippen LogP contribution >= 0.6 is 0 Å². The molecule has 0 spiro atoms. The summed E-state index contributed by atoms with van der Waals surface area (Å²) in [4.78, 5) is 2.36. The van der Waals surface area contributed by atoms with Crippen molar-refractivity contribution >= 4 is 5.70 Å². The van der Waals surface area contributed by atoms with Gasteiger partial charge >= 0.3 is 0 Å². The SMILES string of the molecule is C=CCCC(C(=C)NC)N1Cc2cc(O[C@H]3CCCC3C)ccc2C1=C. The molecule has 1 aromatic carbocycles. The first kappa shape index (κ1) is 18.6. The zero-order valence-electron chi connectivity index (χ0n) is 16.3. The fourth-order valence-corrected chi connectivity index (χ4v) is 4.21. The predicted molar refractivity (Wildman–Crippen MR) is 110 cm³/mol. The largest absolute Gasteiger partial charge is 0.490 e. The van der Waals surface area contributed by atoms with Gasteiger partial charge in [0.15, 0.2) is 0 Å². The van der Waals surface area contributed by atoms with E-state index in [-0.39, 0.29) is 6.04 Å². The first-order valence-electron chi connectivity index (χ1n) is 9.78. The summed E-state index contributed by atoms with van der Waals surface area (Å²) in [6.45, 7) is 15.6. The van der Waals surface area contributed by atoms with Crippen LogP contribution in [0.15, 0.2) is 49.7 Å². The molecule has 2 aliphatic rings. The van der Waals surface area contributed by atoms with Crippen LogP contribution in [0.1, 0.15) is 50.2 Å². The van der Waals surface area contributed by atoms with E-state index in [2.05, 4.69) is 55.1 Å². The van der Waals surface area contributed by atoms with Crippen molar-refractivity contribution in [3.63, 3.8) is 0 Å². The molecule has 0 radical (unpaired) electrons. The Labute approximate surface area is 158 Å². The Balaban J connectivity index is 1.76. The van der Waals surface area contributed by atoms with Crippen LogP contribution in [0.3, 0.4) is 0 Å². The molecule has 3 heteroatoms. The fourth-order valence-electron chi connectivity index (χ4n) is 4.21. The van der Waals surface area contributed by atoms with Gasteiger partial charge in [-0.1, -0.05) is 26.2 Å². The van der Waals surface area contributed by atoms with Crippen molar-refractivity contribution in [3.05, 3.63) is 60.8 Å². The zero-order valence-corrected chi connectivity index (χ0v) is 16.3. The molecule has 1 fully saturated rings. The minimum Gasteiger partial charge on any atom is -0.490 e. The first-order valence-corrected chi connectivity index (χ1v) is 9.78. The molecule has 26 heavy (non-hydrogen) atoms. The molecule has 0 amide bonds. The minimum absolute atomic E-state index is 0.220. The Hall–Kier alpha value is -2.16. The van der Waals surface area contributed by atoms with Crippen molar-refractivity contribution in [2.45, 2.75) is 57.7 Å². The van der Waals surface area contributed by atoms with Crippen LogP contribution in [0, 0.1) is 5.92 Å². The monoisotopic (exact) mass is 352 g/mol. The second kappa shape index (κ2) is 8.03. The molecule has 1 aromatic rings. The summed E-state index contributed by atoms with van der Waals surface area (Å²) in [5.74, 6) is 1.64. The zero-order chi connectivity index (χ0) is 18.7. The highest BCUT2D eigenvalue weighted by atomic mass is 16.5. The van der Waals surface area contributed by atoms with E-state index in [0.717, 1.165) is 36.5 Å². The van der Waals surface area contributed by atoms with Gasteiger partial charge in [-0.2, -0.15) is 0 Å². The summed E-state index contributed by atoms with van der Waals surface area (Å²) in [5, 5.41) is 3.23. The Kier molecular flexibility index (Phi) is 5.75. The highest BCUT2D eigenvalue weighted by Crippen LogP contribution is 2.38. The van der Waals surface area contributed by atoms with Crippen LogP contribution in [-0.2, 0) is 6.54 Å². The number of ether oxygens (including phenoxy) is 1. The predicted octanol–water partition coefficient (Wildman–Crippen LogP) is 5.11. The summed E-state index contributed by atoms with van der Waals surface area (Å²) < 4.78 is 6.29. The quantitative estimate of drug-likeness (QED) is 0.658. The van der Waals surface area contributed by atoms with Crippen LogP contribution in [0.5, 0.6) is 5.75 Å². The van der Waals surface area contributed by atoms with Crippen molar-refractivity contribution in [1.82, 2.24) is 10.2 Å². The average Bonchev–Trinajstić information content (AvgIpc) is 3.18. The molecule has 3 atom stereocenters. The van der Waals surface area contributed by atoms with E-state index < -0.39 is 0 Å². The Bertz CT molecular complexity index is 693. The summed E-state index contributed by atoms with van der Waals surface area (Å²) in [7, 11) is 1.93. The maximum Gasteiger partial charge on any atom is 0.120 e. The molecule has 0 aromatic heterocycles. The van der Waals surface area contributed by atoms with Crippen LogP contribution in [0.2, 0.25) is 0 Å². The van der Waals surface area contributed by atoms with E-state index in [0.29, 0.717) is 12.0 Å². The molecule has 2 unspecified atom stereocenters. The molecular formula is C23H32N2O. The van der Waals surface area contributed by atoms with Gasteiger partial charge in [-0.05, 0) is 61.8 Å². The van der Waals surface area contributed by atoms with Crippen LogP contribution < -0.4 is 10.1 Å². The molecule has 1 aliphatic carbocycles. The van der Waals surface area contributed by atoms with Crippen molar-refractivity contribution in [3.8, 4) is 5.75 Å². The Morgan fingerprint density at radius 2 is 2.23 bits per heavy atom. The maximum atomic E-state index is 6.29. The lowest BCUT2D eigenvalue weighted by Crippen LogP contribution is -2.35. The fraction of sp³-hybridized carbons (Fsp3) is 0.478. The molecule has 1 saturated carbocycles. The molecule has 0 saturated heterocycles. The summed E-state index contributed by atoms with van der Waals surface area (Å²) in [6.07, 6.45) is 7.99. The highest BCUT2D eigenvalue weighted by molar-refractivity contribution is 5.70. The normalized spacial score (nSPS) is 22.8. The number of fused-ring (bicyclic) bond motifs is 1. The topological polar surface area (TPSA) is 24.5 Å². The molecule has 1 N–H and O–H groups in total. The summed E-state index contributed by atoms with van der Waals surface area (Å²) in [5.41, 5.74) is 4.62. The Morgan fingerprint density at radius 1 is 1.42 bits per heavy atom. The van der Waals surface area contributed by atoms with Crippen LogP contribution in [0.4, 0.5) is 0 Å². The van der Waals surface area contributed by atoms with Gasteiger partial charge in [-0.3, -0.25) is 0 Å². The van der Waals surface area contributed by atoms with Crippen molar-refractivity contribution in [1.29, 1.82) is 0 Å². The number of hydrogen-bond donors (Lipinski definition) is 1. The van der Waals surface area contributed by atoms with Gasteiger partial charge in [-0.15, -0.1) is 6.58 Å². The van der Waals surface area contributed by atoms with Gasteiger partial charge in [0.2, 0.25) is 0 Å². The average molecular weight is 353 g/mol. The van der Waals surface area contributed by atoms with Crippen LogP contribution in [0.25, 0.3) is 5.70 Å². The number of likely N-dealkylation sites (N-methyl/N-ethyl adjacent to an activating group) is 1. The van der Waals surface area contributed by atoms with Crippen molar-refractivity contribution in [2.24, 2.45) is 5.92 Å². The van der Waals surface area contributed by atoms with E-state index in [1.807, 2.05) is 13.1 Å². The molecule has 3 rings (SSSR count). The van der Waals surface area contributed by atoms with Gasteiger partial charge in [0.05, 0.1) is 6.04 Å². The van der Waals surface area contributed by atoms with Crippen LogP contribution in [-0.4, -0.2) is 24.1 Å². The number of benzene rings is 1. The molecule has 140 valence electrons. The Morgan fingerprint density at radius 3 is 2.88 bits per heavy atom. The van der Waals surface area contributed by atoms with E-state index in [1.54, 1.807) is 0 Å². The lowest BCUT2D eigenvalue weighted by Gasteiger charge is -2.32. The number of allylic oxidation sites excluding steroid dienone is 1. The van der Waals surface area contributed by atoms with Gasteiger partial charge in [-0.25, -0.2) is 0 Å². The second-order valence-electron chi connectivity index (χ2n) is 7.62. The smallest absolute Gasteiger partial charge is 0.120 e. The van der Waals surface area contributed by atoms with E-state index in [4.69, 9.17) is 4.74 Å². The van der Waals surface area contributed by atoms with E-state index in [1.165, 1.54) is 30.4 Å². The van der Waals surface area contributed by atoms with Gasteiger partial charge in [0, 0.05) is 30.5 Å².